The van der Waals surface area contributed by atoms with E-state index in [2.05, 4.69) is 13.8 Å². The first-order valence-corrected chi connectivity index (χ1v) is 8.98. The maximum Gasteiger partial charge on any atom is 0.192 e. The quantitative estimate of drug-likeness (QED) is 0.616. The fourth-order valence-corrected chi connectivity index (χ4v) is 5.38. The highest BCUT2D eigenvalue weighted by molar-refractivity contribution is 6.04. The molecule has 0 radical (unpaired) electrons. The van der Waals surface area contributed by atoms with E-state index in [-0.39, 0.29) is 35.0 Å². The lowest BCUT2D eigenvalue weighted by atomic mass is 9.49. The van der Waals surface area contributed by atoms with Gasteiger partial charge in [0.2, 0.25) is 0 Å². The number of aromatic hydroxyl groups is 2. The van der Waals surface area contributed by atoms with Crippen LogP contribution in [0.15, 0.2) is 6.07 Å². The molecule has 2 aliphatic rings. The van der Waals surface area contributed by atoms with Crippen LogP contribution in [0.5, 0.6) is 11.5 Å². The largest absolute Gasteiger partial charge is 0.504 e. The number of aliphatic hydroxyl groups is 2. The van der Waals surface area contributed by atoms with Crippen molar-refractivity contribution in [3.8, 4) is 11.5 Å². The molecule has 0 amide bonds. The monoisotopic (exact) mass is 348 g/mol. The molecule has 4 atom stereocenters. The molecule has 0 spiro atoms. The number of benzene rings is 1. The maximum atomic E-state index is 12.9. The van der Waals surface area contributed by atoms with Gasteiger partial charge in [-0.25, -0.2) is 0 Å². The Morgan fingerprint density at radius 2 is 1.84 bits per heavy atom. The van der Waals surface area contributed by atoms with Crippen LogP contribution in [0.1, 0.15) is 74.4 Å². The van der Waals surface area contributed by atoms with Crippen LogP contribution in [0.3, 0.4) is 0 Å². The third-order valence-corrected chi connectivity index (χ3v) is 6.58. The number of phenolic OH excluding ortho intramolecular Hbond substituents is 2. The number of fused-ring (bicyclic) bond motifs is 3. The lowest BCUT2D eigenvalue weighted by Gasteiger charge is -2.55. The molecule has 1 aromatic rings. The van der Waals surface area contributed by atoms with Gasteiger partial charge in [0.25, 0.3) is 0 Å². The van der Waals surface area contributed by atoms with Gasteiger partial charge in [-0.05, 0) is 24.3 Å². The fraction of sp³-hybridized carbons (Fsp3) is 0.650. The van der Waals surface area contributed by atoms with E-state index in [4.69, 9.17) is 0 Å². The van der Waals surface area contributed by atoms with E-state index in [0.717, 1.165) is 19.3 Å². The summed E-state index contributed by atoms with van der Waals surface area (Å²) in [5, 5.41) is 41.5. The Kier molecular flexibility index (Phi) is 4.16. The highest BCUT2D eigenvalue weighted by Gasteiger charge is 2.57. The minimum Gasteiger partial charge on any atom is -0.504 e. The number of ketones is 1. The summed E-state index contributed by atoms with van der Waals surface area (Å²) in [6, 6.07) is 1.54. The molecule has 0 aromatic heterocycles. The first-order chi connectivity index (χ1) is 11.6. The van der Waals surface area contributed by atoms with Crippen molar-refractivity contribution in [2.75, 3.05) is 6.61 Å². The maximum absolute atomic E-state index is 12.9. The molecule has 0 bridgehead atoms. The fourth-order valence-electron chi connectivity index (χ4n) is 5.38. The lowest BCUT2D eigenvalue weighted by Crippen LogP contribution is -2.56. The summed E-state index contributed by atoms with van der Waals surface area (Å²) in [5.41, 5.74) is 0.212. The predicted octanol–water partition coefficient (Wildman–Crippen LogP) is 2.83. The molecular weight excluding hydrogens is 320 g/mol. The second-order valence-corrected chi connectivity index (χ2v) is 8.72. The molecule has 25 heavy (non-hydrogen) atoms. The van der Waals surface area contributed by atoms with E-state index in [0.29, 0.717) is 11.1 Å². The number of hydrogen-bond acceptors (Lipinski definition) is 5. The second-order valence-electron chi connectivity index (χ2n) is 8.72. The van der Waals surface area contributed by atoms with Crippen LogP contribution < -0.4 is 0 Å². The highest BCUT2D eigenvalue weighted by Crippen LogP contribution is 2.60. The molecule has 4 unspecified atom stereocenters. The zero-order valence-corrected chi connectivity index (χ0v) is 15.3. The summed E-state index contributed by atoms with van der Waals surface area (Å²) in [7, 11) is 0. The lowest BCUT2D eigenvalue weighted by molar-refractivity contribution is -0.0396. The van der Waals surface area contributed by atoms with Crippen LogP contribution in [0.2, 0.25) is 0 Å². The molecular formula is C20H28O5. The second kappa shape index (κ2) is 5.71. The van der Waals surface area contributed by atoms with Crippen molar-refractivity contribution in [3.05, 3.63) is 22.8 Å². The van der Waals surface area contributed by atoms with Gasteiger partial charge in [0.15, 0.2) is 17.3 Å². The van der Waals surface area contributed by atoms with Crippen LogP contribution in [0.25, 0.3) is 0 Å². The number of carbonyl (C=O) groups excluding carboxylic acids is 1. The van der Waals surface area contributed by atoms with Crippen molar-refractivity contribution in [1.29, 1.82) is 0 Å². The Labute approximate surface area is 148 Å². The van der Waals surface area contributed by atoms with Gasteiger partial charge in [0.05, 0.1) is 0 Å². The summed E-state index contributed by atoms with van der Waals surface area (Å²) in [6.07, 6.45) is 1.43. The standard InChI is InChI=1S/C20H28O5/c1-10(9-21)11-8-12-13(16(24)14(11)22)20(4)7-5-6-19(2,3)18(20)17(25)15(12)23/h8,10,17-18,21-22,24-25H,5-7,9H2,1-4H3. The van der Waals surface area contributed by atoms with E-state index in [9.17, 15) is 25.2 Å². The summed E-state index contributed by atoms with van der Waals surface area (Å²) in [6.45, 7) is 7.57. The summed E-state index contributed by atoms with van der Waals surface area (Å²) >= 11 is 0. The summed E-state index contributed by atoms with van der Waals surface area (Å²) < 4.78 is 0. The van der Waals surface area contributed by atoms with Gasteiger partial charge < -0.3 is 20.4 Å². The zero-order valence-electron chi connectivity index (χ0n) is 15.3. The number of aliphatic hydroxyl groups excluding tert-OH is 2. The zero-order chi connectivity index (χ0) is 18.7. The molecule has 2 aliphatic carbocycles. The van der Waals surface area contributed by atoms with E-state index in [1.54, 1.807) is 13.0 Å². The average molecular weight is 348 g/mol. The number of hydrogen-bond donors (Lipinski definition) is 4. The van der Waals surface area contributed by atoms with Crippen LogP contribution in [-0.2, 0) is 5.41 Å². The molecule has 0 saturated heterocycles. The topological polar surface area (TPSA) is 98.0 Å². The summed E-state index contributed by atoms with van der Waals surface area (Å²) in [4.78, 5) is 12.9. The molecule has 1 saturated carbocycles. The first-order valence-electron chi connectivity index (χ1n) is 8.98. The third kappa shape index (κ3) is 2.40. The highest BCUT2D eigenvalue weighted by atomic mass is 16.3. The van der Waals surface area contributed by atoms with Gasteiger partial charge in [-0.15, -0.1) is 0 Å². The van der Waals surface area contributed by atoms with Gasteiger partial charge in [0.1, 0.15) is 6.10 Å². The van der Waals surface area contributed by atoms with Gasteiger partial charge >= 0.3 is 0 Å². The van der Waals surface area contributed by atoms with Crippen LogP contribution in [0.4, 0.5) is 0 Å². The predicted molar refractivity (Wildman–Crippen MR) is 94.1 cm³/mol. The molecule has 1 aromatic carbocycles. The number of phenols is 2. The van der Waals surface area contributed by atoms with Gasteiger partial charge in [-0.2, -0.15) is 0 Å². The summed E-state index contributed by atoms with van der Waals surface area (Å²) in [5.74, 6) is -1.70. The smallest absolute Gasteiger partial charge is 0.192 e. The Morgan fingerprint density at radius 3 is 2.44 bits per heavy atom. The molecule has 138 valence electrons. The van der Waals surface area contributed by atoms with Crippen LogP contribution in [-0.4, -0.2) is 38.9 Å². The van der Waals surface area contributed by atoms with Gasteiger partial charge in [-0.3, -0.25) is 4.79 Å². The van der Waals surface area contributed by atoms with Gasteiger partial charge in [-0.1, -0.05) is 34.1 Å². The molecule has 5 heteroatoms. The van der Waals surface area contributed by atoms with Crippen molar-refractivity contribution in [2.45, 2.75) is 64.4 Å². The van der Waals surface area contributed by atoms with E-state index >= 15 is 0 Å². The van der Waals surface area contributed by atoms with Gasteiger partial charge in [0, 0.05) is 40.5 Å². The average Bonchev–Trinajstić information content (AvgIpc) is 2.53. The Morgan fingerprint density at radius 1 is 1.20 bits per heavy atom. The van der Waals surface area contributed by atoms with Crippen molar-refractivity contribution >= 4 is 5.78 Å². The number of Topliss-reactive ketones (excluding diaryl/α,β-unsaturated/α-hetero) is 1. The normalized spacial score (nSPS) is 32.0. The van der Waals surface area contributed by atoms with Crippen molar-refractivity contribution in [2.24, 2.45) is 11.3 Å². The molecule has 0 aliphatic heterocycles. The Balaban J connectivity index is 2.31. The van der Waals surface area contributed by atoms with Crippen molar-refractivity contribution in [1.82, 2.24) is 0 Å². The first kappa shape index (κ1) is 18.2. The van der Waals surface area contributed by atoms with Crippen LogP contribution in [0, 0.1) is 11.3 Å². The number of carbonyl (C=O) groups is 1. The van der Waals surface area contributed by atoms with Crippen LogP contribution >= 0.6 is 0 Å². The van der Waals surface area contributed by atoms with Crippen molar-refractivity contribution in [3.63, 3.8) is 0 Å². The molecule has 5 nitrogen and oxygen atoms in total. The minimum absolute atomic E-state index is 0.213. The minimum atomic E-state index is -1.13. The molecule has 0 heterocycles. The molecule has 1 fully saturated rings. The Hall–Kier alpha value is -1.59. The number of rotatable bonds is 2. The third-order valence-electron chi connectivity index (χ3n) is 6.58. The van der Waals surface area contributed by atoms with Crippen molar-refractivity contribution < 1.29 is 25.2 Å². The van der Waals surface area contributed by atoms with E-state index < -0.39 is 23.2 Å². The molecule has 3 rings (SSSR count). The van der Waals surface area contributed by atoms with E-state index in [1.165, 1.54) is 0 Å². The molecule has 4 N–H and O–H groups in total. The van der Waals surface area contributed by atoms with E-state index in [1.807, 2.05) is 6.92 Å². The SMILES string of the molecule is CC(CO)c1cc2c(c(O)c1O)C1(C)CCCC(C)(C)C1C(O)C2=O. The Bertz CT molecular complexity index is 723.